The van der Waals surface area contributed by atoms with Gasteiger partial charge in [-0.3, -0.25) is 15.4 Å². The molecule has 1 atom stereocenters. The van der Waals surface area contributed by atoms with Crippen LogP contribution in [0.1, 0.15) is 18.9 Å². The fourth-order valence-corrected chi connectivity index (χ4v) is 1.96. The van der Waals surface area contributed by atoms with Gasteiger partial charge in [0.2, 0.25) is 0 Å². The average Bonchev–Trinajstić information content (AvgIpc) is 2.42. The van der Waals surface area contributed by atoms with Gasteiger partial charge in [-0.05, 0) is 12.0 Å². The summed E-state index contributed by atoms with van der Waals surface area (Å²) in [5.74, 6) is 4.13. The van der Waals surface area contributed by atoms with Gasteiger partial charge < -0.3 is 4.74 Å². The van der Waals surface area contributed by atoms with Crippen LogP contribution in [0.5, 0.6) is 0 Å². The lowest BCUT2D eigenvalue weighted by molar-refractivity contribution is -0.385. The molecule has 22 heavy (non-hydrogen) atoms. The number of cyclic esters (lactones) is 1. The summed E-state index contributed by atoms with van der Waals surface area (Å²) in [6, 6.07) is 2.70. The minimum atomic E-state index is -5.06. The number of benzene rings is 1. The molecular weight excluding hydrogens is 305 g/mol. The predicted octanol–water partition coefficient (Wildman–Crippen LogP) is 3.33. The van der Waals surface area contributed by atoms with E-state index in [4.69, 9.17) is 0 Å². The van der Waals surface area contributed by atoms with E-state index in [1.54, 1.807) is 0 Å². The van der Waals surface area contributed by atoms with Crippen molar-refractivity contribution in [2.24, 2.45) is 0 Å². The van der Waals surface area contributed by atoms with Crippen molar-refractivity contribution in [2.45, 2.75) is 25.1 Å². The van der Waals surface area contributed by atoms with Gasteiger partial charge in [-0.2, -0.15) is 13.2 Å². The number of amides is 1. The van der Waals surface area contributed by atoms with Gasteiger partial charge in [-0.15, -0.1) is 0 Å². The number of carbonyl (C=O) groups is 1. The highest BCUT2D eigenvalue weighted by atomic mass is 19.4. The van der Waals surface area contributed by atoms with Crippen LogP contribution in [-0.4, -0.2) is 17.2 Å². The first-order valence-corrected chi connectivity index (χ1v) is 6.07. The minimum Gasteiger partial charge on any atom is -0.415 e. The Balaban J connectivity index is 2.78. The molecule has 1 N–H and O–H groups in total. The second-order valence-corrected chi connectivity index (χ2v) is 4.34. The monoisotopic (exact) mass is 314 g/mol. The Hall–Kier alpha value is -2.76. The summed E-state index contributed by atoms with van der Waals surface area (Å²) in [5, 5.41) is 12.9. The van der Waals surface area contributed by atoms with Crippen LogP contribution < -0.4 is 5.32 Å². The number of alkyl halides is 3. The number of nitrogens with zero attached hydrogens (tertiary/aromatic N) is 1. The van der Waals surface area contributed by atoms with Crippen molar-refractivity contribution < 1.29 is 27.6 Å². The Bertz CT molecular complexity index is 705. The van der Waals surface area contributed by atoms with Crippen molar-refractivity contribution in [3.63, 3.8) is 0 Å². The molecule has 1 amide bonds. The lowest BCUT2D eigenvalue weighted by Gasteiger charge is -2.35. The van der Waals surface area contributed by atoms with Gasteiger partial charge >= 0.3 is 12.3 Å². The normalized spacial score (nSPS) is 20.1. The largest absolute Gasteiger partial charge is 0.445 e. The molecule has 0 aromatic heterocycles. The van der Waals surface area contributed by atoms with E-state index >= 15 is 0 Å². The summed E-state index contributed by atoms with van der Waals surface area (Å²) >= 11 is 0. The van der Waals surface area contributed by atoms with Crippen LogP contribution in [-0.2, 0) is 10.3 Å². The second kappa shape index (κ2) is 5.22. The van der Waals surface area contributed by atoms with E-state index in [0.717, 1.165) is 12.1 Å². The summed E-state index contributed by atoms with van der Waals surface area (Å²) < 4.78 is 45.0. The SMILES string of the molecule is CCC#C[C@]1(C(F)(F)F)OC(=O)Nc2ccc([N+](=O)[O-])cc21. The predicted molar refractivity (Wildman–Crippen MR) is 69.0 cm³/mol. The molecule has 0 saturated heterocycles. The van der Waals surface area contributed by atoms with Crippen LogP contribution in [0.2, 0.25) is 0 Å². The topological polar surface area (TPSA) is 81.5 Å². The molecule has 0 fully saturated rings. The first-order valence-electron chi connectivity index (χ1n) is 6.07. The maximum absolute atomic E-state index is 13.5. The van der Waals surface area contributed by atoms with E-state index in [2.05, 4.69) is 16.0 Å². The zero-order chi connectivity index (χ0) is 16.5. The molecule has 1 aromatic rings. The summed E-state index contributed by atoms with van der Waals surface area (Å²) in [6.07, 6.45) is -6.30. The Morgan fingerprint density at radius 3 is 2.68 bits per heavy atom. The summed E-state index contributed by atoms with van der Waals surface area (Å²) in [5.41, 5.74) is -4.64. The van der Waals surface area contributed by atoms with Crippen molar-refractivity contribution in [2.75, 3.05) is 5.32 Å². The summed E-state index contributed by atoms with van der Waals surface area (Å²) in [4.78, 5) is 21.4. The standard InChI is InChI=1S/C13H9F3N2O4/c1-2-3-6-12(13(14,15)16)9-7-8(18(20)21)4-5-10(9)17-11(19)22-12/h4-5,7H,2H2,1H3,(H,17,19)/t12-/m0/s1. The van der Waals surface area contributed by atoms with E-state index < -0.39 is 34.0 Å². The number of nitrogens with one attached hydrogen (secondary N) is 1. The van der Waals surface area contributed by atoms with E-state index in [1.807, 2.05) is 5.92 Å². The van der Waals surface area contributed by atoms with Crippen LogP contribution >= 0.6 is 0 Å². The van der Waals surface area contributed by atoms with Crippen LogP contribution in [0.4, 0.5) is 29.3 Å². The number of nitro benzene ring substituents is 1. The van der Waals surface area contributed by atoms with Crippen molar-refractivity contribution in [3.8, 4) is 11.8 Å². The number of fused-ring (bicyclic) bond motifs is 1. The molecule has 0 bridgehead atoms. The molecule has 0 spiro atoms. The number of carbonyl (C=O) groups excluding carboxylic acids is 1. The number of ether oxygens (including phenoxy) is 1. The van der Waals surface area contributed by atoms with Crippen molar-refractivity contribution >= 4 is 17.5 Å². The van der Waals surface area contributed by atoms with Gasteiger partial charge in [-0.25, -0.2) is 4.79 Å². The number of halogens is 3. The fraction of sp³-hybridized carbons (Fsp3) is 0.308. The number of nitro groups is 1. The van der Waals surface area contributed by atoms with E-state index in [0.29, 0.717) is 6.07 Å². The number of hydrogen-bond acceptors (Lipinski definition) is 4. The minimum absolute atomic E-state index is 0.0903. The molecule has 0 saturated carbocycles. The molecule has 9 heteroatoms. The van der Waals surface area contributed by atoms with Crippen molar-refractivity contribution in [1.29, 1.82) is 0 Å². The Morgan fingerprint density at radius 1 is 1.45 bits per heavy atom. The maximum atomic E-state index is 13.5. The third-order valence-electron chi connectivity index (χ3n) is 2.92. The molecule has 1 aliphatic rings. The zero-order valence-electron chi connectivity index (χ0n) is 11.2. The second-order valence-electron chi connectivity index (χ2n) is 4.34. The molecule has 1 heterocycles. The highest BCUT2D eigenvalue weighted by Crippen LogP contribution is 2.48. The van der Waals surface area contributed by atoms with Crippen molar-refractivity contribution in [1.82, 2.24) is 0 Å². The van der Waals surface area contributed by atoms with Gasteiger partial charge in [0.25, 0.3) is 11.3 Å². The highest BCUT2D eigenvalue weighted by Gasteiger charge is 2.62. The maximum Gasteiger partial charge on any atom is 0.445 e. The van der Waals surface area contributed by atoms with Crippen LogP contribution in [0.25, 0.3) is 0 Å². The van der Waals surface area contributed by atoms with Gasteiger partial charge in [0.1, 0.15) is 0 Å². The zero-order valence-corrected chi connectivity index (χ0v) is 11.2. The van der Waals surface area contributed by atoms with Crippen LogP contribution in [0, 0.1) is 22.0 Å². The van der Waals surface area contributed by atoms with Gasteiger partial charge in [0.05, 0.1) is 10.6 Å². The molecule has 1 aromatic carbocycles. The molecule has 0 unspecified atom stereocenters. The van der Waals surface area contributed by atoms with Crippen molar-refractivity contribution in [3.05, 3.63) is 33.9 Å². The van der Waals surface area contributed by atoms with Crippen LogP contribution in [0.15, 0.2) is 18.2 Å². The lowest BCUT2D eigenvalue weighted by atomic mass is 9.90. The highest BCUT2D eigenvalue weighted by molar-refractivity contribution is 5.90. The fourth-order valence-electron chi connectivity index (χ4n) is 1.96. The molecule has 2 rings (SSSR count). The Labute approximate surface area is 122 Å². The molecule has 116 valence electrons. The lowest BCUT2D eigenvalue weighted by Crippen LogP contribution is -2.49. The number of non-ortho nitro benzene ring substituents is 1. The van der Waals surface area contributed by atoms with E-state index in [9.17, 15) is 28.1 Å². The van der Waals surface area contributed by atoms with Gasteiger partial charge in [0, 0.05) is 24.1 Å². The Kier molecular flexibility index (Phi) is 3.70. The molecule has 1 aliphatic heterocycles. The Morgan fingerprint density at radius 2 is 2.14 bits per heavy atom. The quantitative estimate of drug-likeness (QED) is 0.490. The third kappa shape index (κ3) is 2.43. The molecule has 6 nitrogen and oxygen atoms in total. The smallest absolute Gasteiger partial charge is 0.415 e. The summed E-state index contributed by atoms with van der Waals surface area (Å²) in [7, 11) is 0. The van der Waals surface area contributed by atoms with Crippen LogP contribution in [0.3, 0.4) is 0 Å². The molecule has 0 aliphatic carbocycles. The molecule has 0 radical (unpaired) electrons. The average molecular weight is 314 g/mol. The number of rotatable bonds is 1. The first kappa shape index (κ1) is 15.6. The third-order valence-corrected chi connectivity index (χ3v) is 2.92. The number of hydrogen-bond donors (Lipinski definition) is 1. The summed E-state index contributed by atoms with van der Waals surface area (Å²) in [6.45, 7) is 1.52. The van der Waals surface area contributed by atoms with E-state index in [-0.39, 0.29) is 12.1 Å². The number of anilines is 1. The first-order chi connectivity index (χ1) is 10.2. The van der Waals surface area contributed by atoms with E-state index in [1.165, 1.54) is 6.92 Å². The van der Waals surface area contributed by atoms with Gasteiger partial charge in [-0.1, -0.05) is 12.8 Å². The van der Waals surface area contributed by atoms with Gasteiger partial charge in [0.15, 0.2) is 0 Å². The molecular formula is C13H9F3N2O4.